The number of nitrogens with zero attached hydrogens (tertiary/aromatic N) is 3. The number of anilines is 1. The first-order valence-corrected chi connectivity index (χ1v) is 6.60. The molecule has 0 aromatic carbocycles. The van der Waals surface area contributed by atoms with Crippen LogP contribution in [0.4, 0.5) is 10.6 Å². The van der Waals surface area contributed by atoms with Crippen LogP contribution >= 0.6 is 0 Å². The molecule has 0 aliphatic carbocycles. The van der Waals surface area contributed by atoms with Crippen LogP contribution in [0.2, 0.25) is 0 Å². The molecule has 5 nitrogen and oxygen atoms in total. The van der Waals surface area contributed by atoms with Crippen molar-refractivity contribution in [3.05, 3.63) is 23.4 Å². The van der Waals surface area contributed by atoms with Gasteiger partial charge < -0.3 is 14.9 Å². The number of aromatic nitrogens is 1. The van der Waals surface area contributed by atoms with Crippen molar-refractivity contribution in [2.45, 2.75) is 39.3 Å². The maximum atomic E-state index is 11.1. The molecule has 0 saturated heterocycles. The number of carbonyl (C=O) groups is 1. The number of fused-ring (bicyclic) bond motifs is 1. The zero-order valence-corrected chi connectivity index (χ0v) is 11.9. The standard InChI is InChI=1S/C14H21N3O2/c1-9(2)16(4)12-6-5-11-8-17(14(18)19)7-10(3)13(11)15-12/h5-6,9-10H,7-8H2,1-4H3,(H,18,19)/t10-/m1/s1. The van der Waals surface area contributed by atoms with Crippen LogP contribution in [0.1, 0.15) is 37.9 Å². The molecule has 104 valence electrons. The Kier molecular flexibility index (Phi) is 3.64. The Bertz CT molecular complexity index is 488. The van der Waals surface area contributed by atoms with Crippen LogP contribution in [0, 0.1) is 0 Å². The van der Waals surface area contributed by atoms with Gasteiger partial charge in [-0.15, -0.1) is 0 Å². The molecule has 0 bridgehead atoms. The predicted molar refractivity (Wildman–Crippen MR) is 74.6 cm³/mol. The summed E-state index contributed by atoms with van der Waals surface area (Å²) in [6.45, 7) is 7.23. The van der Waals surface area contributed by atoms with Crippen molar-refractivity contribution in [3.8, 4) is 0 Å². The summed E-state index contributed by atoms with van der Waals surface area (Å²) < 4.78 is 0. The summed E-state index contributed by atoms with van der Waals surface area (Å²) in [5.74, 6) is 1.09. The minimum absolute atomic E-state index is 0.139. The lowest BCUT2D eigenvalue weighted by Crippen LogP contribution is -2.37. The van der Waals surface area contributed by atoms with Crippen molar-refractivity contribution < 1.29 is 9.90 Å². The summed E-state index contributed by atoms with van der Waals surface area (Å²) in [5.41, 5.74) is 2.05. The van der Waals surface area contributed by atoms with Gasteiger partial charge in [0, 0.05) is 25.6 Å². The fourth-order valence-corrected chi connectivity index (χ4v) is 2.35. The van der Waals surface area contributed by atoms with Gasteiger partial charge >= 0.3 is 6.09 Å². The number of pyridine rings is 1. The molecular formula is C14H21N3O2. The largest absolute Gasteiger partial charge is 0.465 e. The SMILES string of the molecule is CC(C)N(C)c1ccc2c(n1)[C@H](C)CN(C(=O)O)C2. The lowest BCUT2D eigenvalue weighted by Gasteiger charge is -2.32. The van der Waals surface area contributed by atoms with Gasteiger partial charge in [0.2, 0.25) is 0 Å². The second-order valence-electron chi connectivity index (χ2n) is 5.48. The van der Waals surface area contributed by atoms with E-state index in [2.05, 4.69) is 18.7 Å². The number of hydrogen-bond donors (Lipinski definition) is 1. The zero-order valence-electron chi connectivity index (χ0n) is 11.9. The topological polar surface area (TPSA) is 56.7 Å². The Hall–Kier alpha value is -1.78. The lowest BCUT2D eigenvalue weighted by atomic mass is 9.96. The van der Waals surface area contributed by atoms with Crippen LogP contribution in [0.3, 0.4) is 0 Å². The van der Waals surface area contributed by atoms with Gasteiger partial charge in [0.15, 0.2) is 0 Å². The van der Waals surface area contributed by atoms with Gasteiger partial charge in [0.1, 0.15) is 5.82 Å². The average molecular weight is 263 g/mol. The van der Waals surface area contributed by atoms with Crippen molar-refractivity contribution in [1.82, 2.24) is 9.88 Å². The minimum Gasteiger partial charge on any atom is -0.465 e. The molecule has 19 heavy (non-hydrogen) atoms. The first kappa shape index (κ1) is 13.6. The van der Waals surface area contributed by atoms with Crippen LogP contribution in [0.15, 0.2) is 12.1 Å². The molecule has 1 aromatic rings. The second kappa shape index (κ2) is 5.07. The van der Waals surface area contributed by atoms with Gasteiger partial charge in [-0.25, -0.2) is 9.78 Å². The fourth-order valence-electron chi connectivity index (χ4n) is 2.35. The highest BCUT2D eigenvalue weighted by Gasteiger charge is 2.27. The number of rotatable bonds is 2. The second-order valence-corrected chi connectivity index (χ2v) is 5.48. The molecule has 1 aliphatic rings. The van der Waals surface area contributed by atoms with E-state index in [4.69, 9.17) is 10.1 Å². The molecule has 1 aromatic heterocycles. The van der Waals surface area contributed by atoms with E-state index < -0.39 is 6.09 Å². The van der Waals surface area contributed by atoms with Gasteiger partial charge in [-0.2, -0.15) is 0 Å². The quantitative estimate of drug-likeness (QED) is 0.890. The average Bonchev–Trinajstić information content (AvgIpc) is 2.37. The van der Waals surface area contributed by atoms with Gasteiger partial charge in [-0.1, -0.05) is 13.0 Å². The van der Waals surface area contributed by atoms with Crippen LogP contribution in [-0.4, -0.2) is 40.7 Å². The highest BCUT2D eigenvalue weighted by Crippen LogP contribution is 2.28. The zero-order chi connectivity index (χ0) is 14.2. The summed E-state index contributed by atoms with van der Waals surface area (Å²) in [6, 6.07) is 4.36. The van der Waals surface area contributed by atoms with E-state index >= 15 is 0 Å². The van der Waals surface area contributed by atoms with Gasteiger partial charge in [-0.3, -0.25) is 0 Å². The van der Waals surface area contributed by atoms with Crippen molar-refractivity contribution in [3.63, 3.8) is 0 Å². The third-order valence-corrected chi connectivity index (χ3v) is 3.73. The number of amides is 1. The summed E-state index contributed by atoms with van der Waals surface area (Å²) in [4.78, 5) is 19.4. The van der Waals surface area contributed by atoms with Crippen molar-refractivity contribution in [1.29, 1.82) is 0 Å². The maximum absolute atomic E-state index is 11.1. The molecule has 1 amide bonds. The van der Waals surface area contributed by atoms with Gasteiger partial charge in [-0.05, 0) is 25.5 Å². The molecule has 2 rings (SSSR count). The van der Waals surface area contributed by atoms with E-state index in [9.17, 15) is 4.79 Å². The molecule has 0 spiro atoms. The number of carboxylic acid groups (broad SMARTS) is 1. The Morgan fingerprint density at radius 3 is 2.79 bits per heavy atom. The monoisotopic (exact) mass is 263 g/mol. The predicted octanol–water partition coefficient (Wildman–Crippen LogP) is 2.52. The van der Waals surface area contributed by atoms with E-state index in [1.54, 1.807) is 0 Å². The fraction of sp³-hybridized carbons (Fsp3) is 0.571. The van der Waals surface area contributed by atoms with E-state index in [1.165, 1.54) is 4.90 Å². The molecule has 2 heterocycles. The molecule has 1 atom stereocenters. The Balaban J connectivity index is 2.32. The van der Waals surface area contributed by atoms with Gasteiger partial charge in [0.25, 0.3) is 0 Å². The van der Waals surface area contributed by atoms with Crippen molar-refractivity contribution in [2.75, 3.05) is 18.5 Å². The van der Waals surface area contributed by atoms with Crippen molar-refractivity contribution >= 4 is 11.9 Å². The van der Waals surface area contributed by atoms with E-state index in [1.807, 2.05) is 26.1 Å². The van der Waals surface area contributed by atoms with Crippen LogP contribution < -0.4 is 4.90 Å². The van der Waals surface area contributed by atoms with Crippen molar-refractivity contribution in [2.24, 2.45) is 0 Å². The molecule has 5 heteroatoms. The molecule has 0 fully saturated rings. The molecule has 0 radical (unpaired) electrons. The van der Waals surface area contributed by atoms with E-state index in [0.717, 1.165) is 17.1 Å². The summed E-state index contributed by atoms with van der Waals surface area (Å²) in [6.07, 6.45) is -0.860. The Labute approximate surface area is 113 Å². The smallest absolute Gasteiger partial charge is 0.407 e. The van der Waals surface area contributed by atoms with Crippen LogP contribution in [0.5, 0.6) is 0 Å². The first-order chi connectivity index (χ1) is 8.90. The molecule has 1 N–H and O–H groups in total. The first-order valence-electron chi connectivity index (χ1n) is 6.60. The maximum Gasteiger partial charge on any atom is 0.407 e. The van der Waals surface area contributed by atoms with Gasteiger partial charge in [0.05, 0.1) is 12.2 Å². The van der Waals surface area contributed by atoms with E-state index in [0.29, 0.717) is 19.1 Å². The highest BCUT2D eigenvalue weighted by molar-refractivity contribution is 5.65. The Morgan fingerprint density at radius 1 is 1.53 bits per heavy atom. The molecular weight excluding hydrogens is 242 g/mol. The third-order valence-electron chi connectivity index (χ3n) is 3.73. The van der Waals surface area contributed by atoms with E-state index in [-0.39, 0.29) is 5.92 Å². The summed E-state index contributed by atoms with van der Waals surface area (Å²) in [5, 5.41) is 9.09. The Morgan fingerprint density at radius 2 is 2.21 bits per heavy atom. The minimum atomic E-state index is -0.860. The summed E-state index contributed by atoms with van der Waals surface area (Å²) in [7, 11) is 2.02. The van der Waals surface area contributed by atoms with Crippen LogP contribution in [-0.2, 0) is 6.54 Å². The third kappa shape index (κ3) is 2.64. The molecule has 0 unspecified atom stereocenters. The molecule has 0 saturated carbocycles. The number of hydrogen-bond acceptors (Lipinski definition) is 3. The summed E-state index contributed by atoms with van der Waals surface area (Å²) >= 11 is 0. The lowest BCUT2D eigenvalue weighted by molar-refractivity contribution is 0.135. The normalized spacial score (nSPS) is 18.4. The van der Waals surface area contributed by atoms with Crippen LogP contribution in [0.25, 0.3) is 0 Å². The molecule has 1 aliphatic heterocycles. The highest BCUT2D eigenvalue weighted by atomic mass is 16.4.